The zero-order chi connectivity index (χ0) is 10.8. The number of ether oxygens (including phenoxy) is 1. The van der Waals surface area contributed by atoms with E-state index in [0.29, 0.717) is 5.02 Å². The first-order valence-corrected chi connectivity index (χ1v) is 8.23. The van der Waals surface area contributed by atoms with Gasteiger partial charge >= 0.3 is 0 Å². The Hall–Kier alpha value is -0.673. The van der Waals surface area contributed by atoms with E-state index in [1.165, 1.54) is 0 Å². The van der Waals surface area contributed by atoms with Gasteiger partial charge < -0.3 is 9.16 Å². The molecule has 0 aliphatic heterocycles. The lowest BCUT2D eigenvalue weighted by Crippen LogP contribution is -2.29. The zero-order valence-corrected chi connectivity index (χ0v) is 10.7. The smallest absolute Gasteiger partial charge is 0.242 e. The molecule has 4 heteroatoms. The lowest BCUT2D eigenvalue weighted by Gasteiger charge is -2.20. The van der Waals surface area contributed by atoms with Crippen LogP contribution in [0.15, 0.2) is 18.2 Å². The van der Waals surface area contributed by atoms with Crippen molar-refractivity contribution in [2.24, 2.45) is 0 Å². The van der Waals surface area contributed by atoms with Crippen molar-refractivity contribution < 1.29 is 9.16 Å². The summed E-state index contributed by atoms with van der Waals surface area (Å²) in [7, 11) is 0.0335. The summed E-state index contributed by atoms with van der Waals surface area (Å²) in [5.41, 5.74) is 0. The molecule has 0 aliphatic carbocycles. The highest BCUT2D eigenvalue weighted by molar-refractivity contribution is 6.70. The van der Waals surface area contributed by atoms with Gasteiger partial charge in [-0.25, -0.2) is 0 Å². The number of benzene rings is 1. The average Bonchev–Trinajstić information content (AvgIpc) is 2.06. The predicted molar refractivity (Wildman–Crippen MR) is 62.0 cm³/mol. The Balaban J connectivity index is 2.89. The van der Waals surface area contributed by atoms with Crippen molar-refractivity contribution >= 4 is 19.9 Å². The Labute approximate surface area is 90.9 Å². The fraction of sp³-hybridized carbons (Fsp3) is 0.400. The highest BCUT2D eigenvalue weighted by atomic mass is 35.5. The number of rotatable bonds is 3. The number of hydrogen-bond acceptors (Lipinski definition) is 2. The number of hydrogen-bond donors (Lipinski definition) is 0. The minimum Gasteiger partial charge on any atom is -0.543 e. The van der Waals surface area contributed by atoms with E-state index in [4.69, 9.17) is 20.8 Å². The van der Waals surface area contributed by atoms with Crippen molar-refractivity contribution in [1.29, 1.82) is 0 Å². The van der Waals surface area contributed by atoms with E-state index >= 15 is 0 Å². The first-order chi connectivity index (χ1) is 6.42. The minimum atomic E-state index is -1.58. The third kappa shape index (κ3) is 3.23. The van der Waals surface area contributed by atoms with E-state index in [0.717, 1.165) is 11.5 Å². The third-order valence-corrected chi connectivity index (χ3v) is 2.68. The van der Waals surface area contributed by atoms with Gasteiger partial charge in [0.15, 0.2) is 0 Å². The molecule has 0 aromatic heterocycles. The van der Waals surface area contributed by atoms with Crippen molar-refractivity contribution in [2.75, 3.05) is 7.11 Å². The molecule has 0 atom stereocenters. The van der Waals surface area contributed by atoms with Crippen LogP contribution in [-0.2, 0) is 0 Å². The van der Waals surface area contributed by atoms with Gasteiger partial charge in [0, 0.05) is 6.07 Å². The van der Waals surface area contributed by atoms with Crippen molar-refractivity contribution in [2.45, 2.75) is 19.6 Å². The maximum absolute atomic E-state index is 6.03. The van der Waals surface area contributed by atoms with Crippen molar-refractivity contribution in [3.8, 4) is 11.5 Å². The van der Waals surface area contributed by atoms with Gasteiger partial charge in [0.1, 0.15) is 11.5 Å². The lowest BCUT2D eigenvalue weighted by atomic mass is 10.3. The summed E-state index contributed by atoms with van der Waals surface area (Å²) in [4.78, 5) is 0. The van der Waals surface area contributed by atoms with Gasteiger partial charge in [-0.2, -0.15) is 0 Å². The van der Waals surface area contributed by atoms with Gasteiger partial charge in [0.05, 0.1) is 12.1 Å². The second kappa shape index (κ2) is 4.23. The molecule has 0 radical (unpaired) electrons. The van der Waals surface area contributed by atoms with Gasteiger partial charge in [-0.3, -0.25) is 0 Å². The molecule has 0 N–H and O–H groups in total. The molecular formula is C10H15ClO2Si. The van der Waals surface area contributed by atoms with E-state index < -0.39 is 8.32 Å². The summed E-state index contributed by atoms with van der Waals surface area (Å²) < 4.78 is 10.8. The third-order valence-electron chi connectivity index (χ3n) is 1.56. The van der Waals surface area contributed by atoms with Gasteiger partial charge in [-0.05, 0) is 31.8 Å². The molecule has 0 amide bonds. The SMILES string of the molecule is COc1ccc(O[Si](C)(C)C)c(Cl)c1. The van der Waals surface area contributed by atoms with Gasteiger partial charge in [-0.1, -0.05) is 11.6 Å². The molecule has 1 rings (SSSR count). The maximum atomic E-state index is 6.03. The van der Waals surface area contributed by atoms with E-state index in [1.54, 1.807) is 13.2 Å². The number of halogens is 1. The Morgan fingerprint density at radius 3 is 2.29 bits per heavy atom. The number of methoxy groups -OCH3 is 1. The standard InChI is InChI=1S/C10H15ClO2Si/c1-12-8-5-6-10(9(11)7-8)13-14(2,3)4/h5-7H,1-4H3. The van der Waals surface area contributed by atoms with E-state index in [9.17, 15) is 0 Å². The second-order valence-corrected chi connectivity index (χ2v) is 8.85. The quantitative estimate of drug-likeness (QED) is 0.740. The van der Waals surface area contributed by atoms with Crippen LogP contribution in [0.25, 0.3) is 0 Å². The van der Waals surface area contributed by atoms with Gasteiger partial charge in [0.25, 0.3) is 0 Å². The van der Waals surface area contributed by atoms with Crippen LogP contribution in [0.2, 0.25) is 24.7 Å². The fourth-order valence-electron chi connectivity index (χ4n) is 1.02. The van der Waals surface area contributed by atoms with Gasteiger partial charge in [0.2, 0.25) is 8.32 Å². The summed E-state index contributed by atoms with van der Waals surface area (Å²) in [5, 5.41) is 0.603. The molecule has 0 unspecified atom stereocenters. The van der Waals surface area contributed by atoms with Crippen LogP contribution in [-0.4, -0.2) is 15.4 Å². The molecule has 0 bridgehead atoms. The van der Waals surface area contributed by atoms with Crippen LogP contribution in [0.4, 0.5) is 0 Å². The Morgan fingerprint density at radius 2 is 1.86 bits per heavy atom. The molecule has 14 heavy (non-hydrogen) atoms. The summed E-state index contributed by atoms with van der Waals surface area (Å²) in [6.07, 6.45) is 0. The Morgan fingerprint density at radius 1 is 1.21 bits per heavy atom. The fourth-order valence-corrected chi connectivity index (χ4v) is 2.13. The molecule has 0 fully saturated rings. The van der Waals surface area contributed by atoms with Crippen molar-refractivity contribution in [3.05, 3.63) is 23.2 Å². The zero-order valence-electron chi connectivity index (χ0n) is 8.93. The van der Waals surface area contributed by atoms with Crippen LogP contribution >= 0.6 is 11.6 Å². The summed E-state index contributed by atoms with van der Waals surface area (Å²) in [6, 6.07) is 5.46. The Bertz CT molecular complexity index is 320. The molecule has 0 spiro atoms. The molecule has 0 saturated carbocycles. The minimum absolute atomic E-state index is 0.603. The molecule has 0 saturated heterocycles. The molecule has 1 aromatic carbocycles. The molecular weight excluding hydrogens is 216 g/mol. The molecule has 0 heterocycles. The normalized spacial score (nSPS) is 11.2. The van der Waals surface area contributed by atoms with Gasteiger partial charge in [-0.15, -0.1) is 0 Å². The van der Waals surface area contributed by atoms with Crippen LogP contribution in [0.1, 0.15) is 0 Å². The lowest BCUT2D eigenvalue weighted by molar-refractivity contribution is 0.414. The molecule has 0 aliphatic rings. The van der Waals surface area contributed by atoms with Crippen LogP contribution in [0.3, 0.4) is 0 Å². The first kappa shape index (κ1) is 11.4. The molecule has 1 aromatic rings. The van der Waals surface area contributed by atoms with Crippen LogP contribution in [0.5, 0.6) is 11.5 Å². The topological polar surface area (TPSA) is 18.5 Å². The van der Waals surface area contributed by atoms with E-state index in [2.05, 4.69) is 19.6 Å². The maximum Gasteiger partial charge on any atom is 0.242 e. The molecule has 78 valence electrons. The van der Waals surface area contributed by atoms with Crippen molar-refractivity contribution in [3.63, 3.8) is 0 Å². The summed E-state index contributed by atoms with van der Waals surface area (Å²) in [6.45, 7) is 6.36. The van der Waals surface area contributed by atoms with E-state index in [-0.39, 0.29) is 0 Å². The van der Waals surface area contributed by atoms with Crippen molar-refractivity contribution in [1.82, 2.24) is 0 Å². The first-order valence-electron chi connectivity index (χ1n) is 4.45. The largest absolute Gasteiger partial charge is 0.543 e. The second-order valence-electron chi connectivity index (χ2n) is 4.01. The predicted octanol–water partition coefficient (Wildman–Crippen LogP) is 3.56. The summed E-state index contributed by atoms with van der Waals surface area (Å²) >= 11 is 6.03. The molecule has 2 nitrogen and oxygen atoms in total. The Kier molecular flexibility index (Phi) is 3.45. The summed E-state index contributed by atoms with van der Waals surface area (Å²) in [5.74, 6) is 1.49. The highest BCUT2D eigenvalue weighted by Crippen LogP contribution is 2.30. The van der Waals surface area contributed by atoms with E-state index in [1.807, 2.05) is 12.1 Å². The monoisotopic (exact) mass is 230 g/mol. The average molecular weight is 231 g/mol. The van der Waals surface area contributed by atoms with Crippen LogP contribution in [0, 0.1) is 0 Å². The highest BCUT2D eigenvalue weighted by Gasteiger charge is 2.17. The van der Waals surface area contributed by atoms with Crippen LogP contribution < -0.4 is 9.16 Å².